The number of amides is 3. The number of carbonyl (C=O) groups excluding carboxylic acids is 3. The van der Waals surface area contributed by atoms with Gasteiger partial charge in [-0.1, -0.05) is 0 Å². The lowest BCUT2D eigenvalue weighted by molar-refractivity contribution is -0.134. The number of nitrogens with zero attached hydrogens (tertiary/aromatic N) is 4. The number of aryl methyl sites for hydroxylation is 1. The fourth-order valence-corrected chi connectivity index (χ4v) is 4.94. The monoisotopic (exact) mass is 618 g/mol. The van der Waals surface area contributed by atoms with Crippen molar-refractivity contribution in [1.82, 2.24) is 25.3 Å². The lowest BCUT2D eigenvalue weighted by Gasteiger charge is -2.37. The van der Waals surface area contributed by atoms with E-state index in [1.165, 1.54) is 6.08 Å². The van der Waals surface area contributed by atoms with Gasteiger partial charge >= 0.3 is 0 Å². The fourth-order valence-electron chi connectivity index (χ4n) is 4.94. The van der Waals surface area contributed by atoms with Crippen LogP contribution in [0.5, 0.6) is 0 Å². The lowest BCUT2D eigenvalue weighted by Crippen LogP contribution is -2.49. The number of nitrogens with one attached hydrogen (secondary N) is 2. The molecule has 244 valence electrons. The molecule has 2 fully saturated rings. The summed E-state index contributed by atoms with van der Waals surface area (Å²) in [7, 11) is 1.77. The zero-order valence-corrected chi connectivity index (χ0v) is 25.6. The topological polar surface area (TPSA) is 166 Å². The highest BCUT2D eigenvalue weighted by molar-refractivity contribution is 6.01. The van der Waals surface area contributed by atoms with E-state index < -0.39 is 0 Å². The SMILES string of the molecule is Cn1ccc(/C=C(\C#N)C(=O)N2CC(C(=O)NCCOCCOCCOCCOCCOCCNC=O)CC(C3CC3)C2)n1. The summed E-state index contributed by atoms with van der Waals surface area (Å²) in [5.41, 5.74) is 0.568. The summed E-state index contributed by atoms with van der Waals surface area (Å²) in [6, 6.07) is 3.76. The van der Waals surface area contributed by atoms with Gasteiger partial charge in [-0.2, -0.15) is 10.4 Å². The molecule has 3 rings (SSSR count). The Hall–Kier alpha value is -3.35. The molecule has 0 spiro atoms. The van der Waals surface area contributed by atoms with Gasteiger partial charge in [-0.3, -0.25) is 19.1 Å². The molecular weight excluding hydrogens is 572 g/mol. The number of hydrogen-bond acceptors (Lipinski definition) is 10. The van der Waals surface area contributed by atoms with Crippen molar-refractivity contribution in [2.75, 3.05) is 92.2 Å². The highest BCUT2D eigenvalue weighted by Gasteiger charge is 2.41. The maximum Gasteiger partial charge on any atom is 0.264 e. The molecular formula is C30H46N6O8. The van der Waals surface area contributed by atoms with Gasteiger partial charge in [0.25, 0.3) is 5.91 Å². The third-order valence-corrected chi connectivity index (χ3v) is 7.31. The van der Waals surface area contributed by atoms with Crippen molar-refractivity contribution in [3.8, 4) is 6.07 Å². The molecule has 2 aliphatic rings. The average Bonchev–Trinajstić information content (AvgIpc) is 3.81. The van der Waals surface area contributed by atoms with Crippen LogP contribution in [0.2, 0.25) is 0 Å². The van der Waals surface area contributed by atoms with Gasteiger partial charge in [0.2, 0.25) is 12.3 Å². The molecule has 0 bridgehead atoms. The van der Waals surface area contributed by atoms with Crippen LogP contribution in [0.4, 0.5) is 0 Å². The molecule has 2 N–H and O–H groups in total. The molecule has 2 unspecified atom stereocenters. The number of rotatable bonds is 23. The molecule has 14 heteroatoms. The van der Waals surface area contributed by atoms with Crippen LogP contribution >= 0.6 is 0 Å². The maximum atomic E-state index is 13.2. The molecule has 1 aliphatic heterocycles. The fraction of sp³-hybridized carbons (Fsp3) is 0.700. The summed E-state index contributed by atoms with van der Waals surface area (Å²) in [5, 5.41) is 19.3. The summed E-state index contributed by atoms with van der Waals surface area (Å²) >= 11 is 0. The maximum absolute atomic E-state index is 13.2. The minimum Gasteiger partial charge on any atom is -0.377 e. The Morgan fingerprint density at radius 2 is 1.52 bits per heavy atom. The Labute approximate surface area is 258 Å². The van der Waals surface area contributed by atoms with E-state index in [1.54, 1.807) is 28.9 Å². The lowest BCUT2D eigenvalue weighted by atomic mass is 9.85. The van der Waals surface area contributed by atoms with Crippen LogP contribution in [0.3, 0.4) is 0 Å². The van der Waals surface area contributed by atoms with E-state index in [-0.39, 0.29) is 35.8 Å². The highest BCUT2D eigenvalue weighted by atomic mass is 16.6. The third kappa shape index (κ3) is 13.5. The predicted molar refractivity (Wildman–Crippen MR) is 159 cm³/mol. The number of likely N-dealkylation sites (tertiary alicyclic amines) is 1. The second-order valence-electron chi connectivity index (χ2n) is 10.7. The van der Waals surface area contributed by atoms with Crippen LogP contribution in [0.25, 0.3) is 6.08 Å². The molecule has 0 aromatic carbocycles. The molecule has 0 radical (unpaired) electrons. The van der Waals surface area contributed by atoms with Gasteiger partial charge < -0.3 is 39.2 Å². The second kappa shape index (κ2) is 20.6. The first kappa shape index (κ1) is 35.1. The molecule has 1 aliphatic carbocycles. The number of nitriles is 1. The Bertz CT molecular complexity index is 1090. The summed E-state index contributed by atoms with van der Waals surface area (Å²) in [4.78, 5) is 38.0. The van der Waals surface area contributed by atoms with Gasteiger partial charge in [0, 0.05) is 39.4 Å². The third-order valence-electron chi connectivity index (χ3n) is 7.31. The normalized spacial score (nSPS) is 18.5. The van der Waals surface area contributed by atoms with E-state index in [4.69, 9.17) is 23.7 Å². The zero-order chi connectivity index (χ0) is 31.4. The van der Waals surface area contributed by atoms with Gasteiger partial charge in [-0.25, -0.2) is 0 Å². The van der Waals surface area contributed by atoms with Crippen LogP contribution in [-0.4, -0.2) is 125 Å². The summed E-state index contributed by atoms with van der Waals surface area (Å²) in [6.07, 6.45) is 6.86. The Morgan fingerprint density at radius 3 is 2.05 bits per heavy atom. The number of hydrogen-bond donors (Lipinski definition) is 2. The second-order valence-corrected chi connectivity index (χ2v) is 10.7. The Morgan fingerprint density at radius 1 is 0.932 bits per heavy atom. The van der Waals surface area contributed by atoms with Gasteiger partial charge in [0.05, 0.1) is 77.7 Å². The largest absolute Gasteiger partial charge is 0.377 e. The molecule has 2 atom stereocenters. The van der Waals surface area contributed by atoms with Crippen molar-refractivity contribution < 1.29 is 38.1 Å². The first-order valence-corrected chi connectivity index (χ1v) is 15.3. The van der Waals surface area contributed by atoms with E-state index in [1.807, 2.05) is 6.07 Å². The number of carbonyl (C=O) groups is 3. The van der Waals surface area contributed by atoms with Crippen LogP contribution in [-0.2, 0) is 45.1 Å². The summed E-state index contributed by atoms with van der Waals surface area (Å²) < 4.78 is 28.8. The van der Waals surface area contributed by atoms with Crippen LogP contribution in [0.1, 0.15) is 25.0 Å². The van der Waals surface area contributed by atoms with Crippen molar-refractivity contribution in [2.24, 2.45) is 24.8 Å². The molecule has 44 heavy (non-hydrogen) atoms. The molecule has 3 amide bonds. The van der Waals surface area contributed by atoms with Crippen molar-refractivity contribution >= 4 is 24.3 Å². The summed E-state index contributed by atoms with van der Waals surface area (Å²) in [5.74, 6) is 0.00715. The number of aromatic nitrogens is 2. The Kier molecular flexibility index (Phi) is 16.4. The van der Waals surface area contributed by atoms with E-state index >= 15 is 0 Å². The van der Waals surface area contributed by atoms with Crippen LogP contribution in [0.15, 0.2) is 17.8 Å². The smallest absolute Gasteiger partial charge is 0.264 e. The predicted octanol–water partition coefficient (Wildman–Crippen LogP) is 0.147. The van der Waals surface area contributed by atoms with E-state index in [0.29, 0.717) is 104 Å². The molecule has 1 aromatic heterocycles. The van der Waals surface area contributed by atoms with Gasteiger partial charge in [0.1, 0.15) is 11.6 Å². The van der Waals surface area contributed by atoms with Crippen molar-refractivity contribution in [1.29, 1.82) is 5.26 Å². The molecule has 1 saturated carbocycles. The van der Waals surface area contributed by atoms with Crippen molar-refractivity contribution in [3.63, 3.8) is 0 Å². The zero-order valence-electron chi connectivity index (χ0n) is 25.6. The minimum absolute atomic E-state index is 0.0231. The van der Waals surface area contributed by atoms with Gasteiger partial charge in [0.15, 0.2) is 0 Å². The van der Waals surface area contributed by atoms with Crippen molar-refractivity contribution in [2.45, 2.75) is 19.3 Å². The quantitative estimate of drug-likeness (QED) is 0.0746. The van der Waals surface area contributed by atoms with E-state index in [9.17, 15) is 19.6 Å². The molecule has 1 aromatic rings. The van der Waals surface area contributed by atoms with E-state index in [0.717, 1.165) is 19.3 Å². The first-order valence-electron chi connectivity index (χ1n) is 15.3. The van der Waals surface area contributed by atoms with Gasteiger partial charge in [-0.05, 0) is 43.2 Å². The molecule has 2 heterocycles. The summed E-state index contributed by atoms with van der Waals surface area (Å²) in [6.45, 7) is 6.07. The standard InChI is InChI=1S/C30H46N6O8/c1-35-7-4-28(34-35)19-25(20-31)30(39)36-21-26(24-2-3-24)18-27(22-36)29(38)33-6-9-41-11-13-43-15-17-44-16-14-42-12-10-40-8-5-32-23-37/h4,7,19,23-24,26-27H,2-3,5-6,8-18,21-22H2,1H3,(H,32,37)(H,33,38)/b25-19+. The minimum atomic E-state index is -0.355. The van der Waals surface area contributed by atoms with Crippen LogP contribution in [0, 0.1) is 29.1 Å². The van der Waals surface area contributed by atoms with Gasteiger partial charge in [-0.15, -0.1) is 0 Å². The molecule has 1 saturated heterocycles. The first-order chi connectivity index (χ1) is 21.5. The average molecular weight is 619 g/mol. The Balaban J connectivity index is 1.23. The highest BCUT2D eigenvalue weighted by Crippen LogP contribution is 2.42. The van der Waals surface area contributed by atoms with E-state index in [2.05, 4.69) is 15.7 Å². The molecule has 14 nitrogen and oxygen atoms in total. The number of ether oxygens (including phenoxy) is 5. The van der Waals surface area contributed by atoms with Crippen molar-refractivity contribution in [3.05, 3.63) is 23.5 Å². The number of piperidine rings is 1. The van der Waals surface area contributed by atoms with Crippen LogP contribution < -0.4 is 10.6 Å².